The highest BCUT2D eigenvalue weighted by atomic mass is 16.5. The van der Waals surface area contributed by atoms with E-state index in [9.17, 15) is 9.59 Å². The van der Waals surface area contributed by atoms with Gasteiger partial charge in [-0.15, -0.1) is 0 Å². The van der Waals surface area contributed by atoms with Gasteiger partial charge in [0, 0.05) is 5.39 Å². The SMILES string of the molecule is COc1ccc(C)cc1NC(=O)COC(=O)c1cc2ccccc2o1. The van der Waals surface area contributed by atoms with Crippen LogP contribution in [0.25, 0.3) is 11.0 Å². The lowest BCUT2D eigenvalue weighted by molar-refractivity contribution is -0.119. The number of fused-ring (bicyclic) bond motifs is 1. The van der Waals surface area contributed by atoms with Gasteiger partial charge in [-0.1, -0.05) is 24.3 Å². The van der Waals surface area contributed by atoms with E-state index in [1.807, 2.05) is 31.2 Å². The molecule has 1 N–H and O–H groups in total. The number of para-hydroxylation sites is 1. The van der Waals surface area contributed by atoms with Crippen LogP contribution in [0.5, 0.6) is 5.75 Å². The number of benzene rings is 2. The molecule has 1 heterocycles. The molecule has 1 aromatic heterocycles. The topological polar surface area (TPSA) is 77.8 Å². The number of carbonyl (C=O) groups is 2. The summed E-state index contributed by atoms with van der Waals surface area (Å²) in [6.07, 6.45) is 0. The average Bonchev–Trinajstić information content (AvgIpc) is 3.04. The van der Waals surface area contributed by atoms with Gasteiger partial charge >= 0.3 is 5.97 Å². The van der Waals surface area contributed by atoms with E-state index in [-0.39, 0.29) is 5.76 Å². The molecule has 0 bridgehead atoms. The lowest BCUT2D eigenvalue weighted by atomic mass is 10.2. The van der Waals surface area contributed by atoms with Crippen LogP contribution in [-0.4, -0.2) is 25.6 Å². The summed E-state index contributed by atoms with van der Waals surface area (Å²) < 4.78 is 15.6. The van der Waals surface area contributed by atoms with E-state index in [2.05, 4.69) is 5.32 Å². The van der Waals surface area contributed by atoms with Gasteiger partial charge in [0.1, 0.15) is 11.3 Å². The number of anilines is 1. The third kappa shape index (κ3) is 3.80. The van der Waals surface area contributed by atoms with E-state index < -0.39 is 18.5 Å². The molecule has 0 spiro atoms. The predicted molar refractivity (Wildman–Crippen MR) is 92.9 cm³/mol. The van der Waals surface area contributed by atoms with Crippen LogP contribution in [0.1, 0.15) is 16.1 Å². The highest BCUT2D eigenvalue weighted by Gasteiger charge is 2.16. The quantitative estimate of drug-likeness (QED) is 0.719. The Morgan fingerprint density at radius 3 is 2.68 bits per heavy atom. The number of esters is 1. The second kappa shape index (κ2) is 7.09. The second-order valence-corrected chi connectivity index (χ2v) is 5.48. The zero-order valence-electron chi connectivity index (χ0n) is 13.9. The monoisotopic (exact) mass is 339 g/mol. The van der Waals surface area contributed by atoms with Gasteiger partial charge in [0.15, 0.2) is 6.61 Å². The van der Waals surface area contributed by atoms with Gasteiger partial charge in [0.05, 0.1) is 12.8 Å². The Balaban J connectivity index is 1.62. The van der Waals surface area contributed by atoms with E-state index >= 15 is 0 Å². The summed E-state index contributed by atoms with van der Waals surface area (Å²) in [5, 5.41) is 3.46. The number of carbonyl (C=O) groups excluding carboxylic acids is 2. The van der Waals surface area contributed by atoms with Crippen LogP contribution in [0.15, 0.2) is 52.9 Å². The maximum Gasteiger partial charge on any atom is 0.374 e. The molecule has 128 valence electrons. The van der Waals surface area contributed by atoms with Crippen molar-refractivity contribution >= 4 is 28.5 Å². The molecular formula is C19H17NO5. The van der Waals surface area contributed by atoms with Gasteiger partial charge in [-0.3, -0.25) is 4.79 Å². The maximum atomic E-state index is 12.0. The van der Waals surface area contributed by atoms with E-state index in [0.29, 0.717) is 17.0 Å². The van der Waals surface area contributed by atoms with Gasteiger partial charge < -0.3 is 19.2 Å². The summed E-state index contributed by atoms with van der Waals surface area (Å²) in [6, 6.07) is 14.2. The molecule has 0 fully saturated rings. The van der Waals surface area contributed by atoms with E-state index in [1.165, 1.54) is 7.11 Å². The third-order valence-corrected chi connectivity index (χ3v) is 3.59. The first kappa shape index (κ1) is 16.6. The first-order chi connectivity index (χ1) is 12.1. The number of amides is 1. The minimum Gasteiger partial charge on any atom is -0.495 e. The Kier molecular flexibility index (Phi) is 4.70. The number of methoxy groups -OCH3 is 1. The molecule has 0 aliphatic carbocycles. The summed E-state index contributed by atoms with van der Waals surface area (Å²) >= 11 is 0. The van der Waals surface area contributed by atoms with E-state index in [0.717, 1.165) is 10.9 Å². The summed E-state index contributed by atoms with van der Waals surface area (Å²) in [4.78, 5) is 24.1. The van der Waals surface area contributed by atoms with Gasteiger partial charge in [0.25, 0.3) is 5.91 Å². The number of hydrogen-bond acceptors (Lipinski definition) is 5. The highest BCUT2D eigenvalue weighted by Crippen LogP contribution is 2.25. The molecule has 0 saturated heterocycles. The third-order valence-electron chi connectivity index (χ3n) is 3.59. The van der Waals surface area contributed by atoms with Crippen molar-refractivity contribution in [1.82, 2.24) is 0 Å². The molecule has 6 nitrogen and oxygen atoms in total. The van der Waals surface area contributed by atoms with Crippen LogP contribution >= 0.6 is 0 Å². The molecular weight excluding hydrogens is 322 g/mol. The van der Waals surface area contributed by atoms with Gasteiger partial charge in [-0.2, -0.15) is 0 Å². The fourth-order valence-electron chi connectivity index (χ4n) is 2.39. The maximum absolute atomic E-state index is 12.0. The summed E-state index contributed by atoms with van der Waals surface area (Å²) in [5.74, 6) is -0.569. The lowest BCUT2D eigenvalue weighted by Gasteiger charge is -2.11. The zero-order valence-corrected chi connectivity index (χ0v) is 13.9. The Hall–Kier alpha value is -3.28. The van der Waals surface area contributed by atoms with Crippen molar-refractivity contribution in [3.8, 4) is 5.75 Å². The van der Waals surface area contributed by atoms with Crippen LogP contribution in [0.2, 0.25) is 0 Å². The fraction of sp³-hybridized carbons (Fsp3) is 0.158. The standard InChI is InChI=1S/C19H17NO5/c1-12-7-8-16(23-2)14(9-12)20-18(21)11-24-19(22)17-10-13-5-3-4-6-15(13)25-17/h3-10H,11H2,1-2H3,(H,20,21). The molecule has 6 heteroatoms. The predicted octanol–water partition coefficient (Wildman–Crippen LogP) is 3.55. The van der Waals surface area contributed by atoms with Gasteiger partial charge in [0.2, 0.25) is 5.76 Å². The van der Waals surface area contributed by atoms with Crippen molar-refractivity contribution in [3.63, 3.8) is 0 Å². The minimum absolute atomic E-state index is 0.0575. The van der Waals surface area contributed by atoms with Crippen LogP contribution < -0.4 is 10.1 Å². The lowest BCUT2D eigenvalue weighted by Crippen LogP contribution is -2.21. The van der Waals surface area contributed by atoms with Crippen molar-refractivity contribution in [3.05, 3.63) is 59.9 Å². The zero-order chi connectivity index (χ0) is 17.8. The summed E-state index contributed by atoms with van der Waals surface area (Å²) in [6.45, 7) is 1.48. The number of nitrogens with one attached hydrogen (secondary N) is 1. The van der Waals surface area contributed by atoms with Crippen LogP contribution in [0.4, 0.5) is 5.69 Å². The smallest absolute Gasteiger partial charge is 0.374 e. The summed E-state index contributed by atoms with van der Waals surface area (Å²) in [5.41, 5.74) is 2.08. The first-order valence-electron chi connectivity index (χ1n) is 7.67. The van der Waals surface area contributed by atoms with Crippen molar-refractivity contribution in [2.45, 2.75) is 6.92 Å². The number of hydrogen-bond donors (Lipinski definition) is 1. The molecule has 3 rings (SSSR count). The largest absolute Gasteiger partial charge is 0.495 e. The average molecular weight is 339 g/mol. The van der Waals surface area contributed by atoms with Crippen LogP contribution in [-0.2, 0) is 9.53 Å². The molecule has 25 heavy (non-hydrogen) atoms. The minimum atomic E-state index is -0.692. The molecule has 0 aliphatic heterocycles. The number of furan rings is 1. The Labute approximate surface area is 144 Å². The van der Waals surface area contributed by atoms with E-state index in [1.54, 1.807) is 24.3 Å². The van der Waals surface area contributed by atoms with Crippen molar-refractivity contribution < 1.29 is 23.5 Å². The Morgan fingerprint density at radius 2 is 1.92 bits per heavy atom. The van der Waals surface area contributed by atoms with Crippen molar-refractivity contribution in [1.29, 1.82) is 0 Å². The molecule has 0 unspecified atom stereocenters. The van der Waals surface area contributed by atoms with Crippen LogP contribution in [0.3, 0.4) is 0 Å². The number of rotatable bonds is 5. The molecule has 0 radical (unpaired) electrons. The van der Waals surface area contributed by atoms with E-state index in [4.69, 9.17) is 13.9 Å². The first-order valence-corrected chi connectivity index (χ1v) is 7.67. The fourth-order valence-corrected chi connectivity index (χ4v) is 2.39. The number of aryl methyl sites for hydroxylation is 1. The summed E-state index contributed by atoms with van der Waals surface area (Å²) in [7, 11) is 1.52. The Bertz CT molecular complexity index is 895. The Morgan fingerprint density at radius 1 is 1.12 bits per heavy atom. The van der Waals surface area contributed by atoms with Crippen molar-refractivity contribution in [2.75, 3.05) is 19.0 Å². The normalized spacial score (nSPS) is 10.5. The molecule has 0 saturated carbocycles. The van der Waals surface area contributed by atoms with Crippen LogP contribution in [0, 0.1) is 6.92 Å². The van der Waals surface area contributed by atoms with Gasteiger partial charge in [-0.25, -0.2) is 4.79 Å². The molecule has 0 aliphatic rings. The molecule has 3 aromatic rings. The van der Waals surface area contributed by atoms with Gasteiger partial charge in [-0.05, 0) is 36.8 Å². The van der Waals surface area contributed by atoms with Crippen molar-refractivity contribution in [2.24, 2.45) is 0 Å². The second-order valence-electron chi connectivity index (χ2n) is 5.48. The highest BCUT2D eigenvalue weighted by molar-refractivity contribution is 5.97. The molecule has 0 atom stereocenters. The molecule has 2 aromatic carbocycles. The number of ether oxygens (including phenoxy) is 2. The molecule has 1 amide bonds.